The summed E-state index contributed by atoms with van der Waals surface area (Å²) in [7, 11) is -7.27. The maximum atomic E-state index is 13.2. The molecule has 2 fully saturated rings. The first kappa shape index (κ1) is 22.2. The fraction of sp³-hybridized carbons (Fsp3) is 0.400. The average molecular weight is 493 g/mol. The van der Waals surface area contributed by atoms with Crippen molar-refractivity contribution < 1.29 is 21.6 Å². The van der Waals surface area contributed by atoms with Gasteiger partial charge < -0.3 is 14.6 Å². The number of sulfonamides is 2. The van der Waals surface area contributed by atoms with Gasteiger partial charge in [-0.25, -0.2) is 26.8 Å². The van der Waals surface area contributed by atoms with Crippen molar-refractivity contribution in [2.45, 2.75) is 9.79 Å². The molecule has 0 radical (unpaired) electrons. The Kier molecular flexibility index (Phi) is 5.82. The summed E-state index contributed by atoms with van der Waals surface area (Å²) in [5.41, 5.74) is 0.533. The van der Waals surface area contributed by atoms with Gasteiger partial charge in [0, 0.05) is 63.2 Å². The molecule has 0 unspecified atom stereocenters. The van der Waals surface area contributed by atoms with Gasteiger partial charge in [-0.2, -0.15) is 8.61 Å². The molecule has 176 valence electrons. The van der Waals surface area contributed by atoms with Crippen molar-refractivity contribution in [3.05, 3.63) is 42.9 Å². The van der Waals surface area contributed by atoms with Gasteiger partial charge in [-0.05, 0) is 24.3 Å². The van der Waals surface area contributed by atoms with Crippen molar-refractivity contribution >= 4 is 36.9 Å². The van der Waals surface area contributed by atoms with E-state index < -0.39 is 20.0 Å². The molecule has 0 aliphatic carbocycles. The third-order valence-corrected chi connectivity index (χ3v) is 9.74. The average Bonchev–Trinajstić information content (AvgIpc) is 3.30. The monoisotopic (exact) mass is 492 g/mol. The number of pyridine rings is 2. The maximum Gasteiger partial charge on any atom is 0.245 e. The normalized spacial score (nSPS) is 19.2. The van der Waals surface area contributed by atoms with Crippen LogP contribution in [0.3, 0.4) is 0 Å². The number of aromatic amines is 1. The minimum absolute atomic E-state index is 0.141. The fourth-order valence-corrected chi connectivity index (χ4v) is 7.02. The summed E-state index contributed by atoms with van der Waals surface area (Å²) in [6.07, 6.45) is 4.45. The molecule has 5 rings (SSSR count). The van der Waals surface area contributed by atoms with Gasteiger partial charge in [0.25, 0.3) is 0 Å². The summed E-state index contributed by atoms with van der Waals surface area (Å²) in [6.45, 7) is 2.90. The first-order valence-electron chi connectivity index (χ1n) is 10.6. The number of piperazine rings is 1. The van der Waals surface area contributed by atoms with E-state index in [0.717, 1.165) is 0 Å². The van der Waals surface area contributed by atoms with Gasteiger partial charge in [0.15, 0.2) is 0 Å². The number of anilines is 1. The second-order valence-corrected chi connectivity index (χ2v) is 11.7. The number of hydrogen-bond acceptors (Lipinski definition) is 8. The molecule has 33 heavy (non-hydrogen) atoms. The van der Waals surface area contributed by atoms with E-state index in [-0.39, 0.29) is 9.79 Å². The van der Waals surface area contributed by atoms with Crippen LogP contribution in [0, 0.1) is 0 Å². The van der Waals surface area contributed by atoms with Crippen LogP contribution in [0.1, 0.15) is 0 Å². The van der Waals surface area contributed by atoms with E-state index in [4.69, 9.17) is 4.74 Å². The van der Waals surface area contributed by atoms with Crippen molar-refractivity contribution in [2.75, 3.05) is 57.4 Å². The molecule has 3 aromatic heterocycles. The number of nitrogens with zero attached hydrogens (tertiary/aromatic N) is 5. The van der Waals surface area contributed by atoms with E-state index in [2.05, 4.69) is 15.0 Å². The highest BCUT2D eigenvalue weighted by Crippen LogP contribution is 2.26. The quantitative estimate of drug-likeness (QED) is 0.545. The first-order chi connectivity index (χ1) is 15.9. The van der Waals surface area contributed by atoms with Crippen LogP contribution >= 0.6 is 0 Å². The van der Waals surface area contributed by atoms with Gasteiger partial charge >= 0.3 is 0 Å². The van der Waals surface area contributed by atoms with E-state index in [0.29, 0.717) is 69.3 Å². The smallest absolute Gasteiger partial charge is 0.245 e. The predicted octanol–water partition coefficient (Wildman–Crippen LogP) is 0.490. The van der Waals surface area contributed by atoms with Crippen LogP contribution in [0.25, 0.3) is 11.0 Å². The second kappa shape index (κ2) is 8.65. The molecule has 2 aliphatic rings. The first-order valence-corrected chi connectivity index (χ1v) is 13.5. The van der Waals surface area contributed by atoms with Gasteiger partial charge in [-0.15, -0.1) is 0 Å². The van der Waals surface area contributed by atoms with Crippen LogP contribution in [0.2, 0.25) is 0 Å². The van der Waals surface area contributed by atoms with Crippen molar-refractivity contribution in [1.82, 2.24) is 23.6 Å². The summed E-state index contributed by atoms with van der Waals surface area (Å²) in [5, 5.41) is 0.568. The number of ether oxygens (including phenoxy) is 1. The Labute approximate surface area is 192 Å². The minimum atomic E-state index is -3.67. The van der Waals surface area contributed by atoms with E-state index in [1.165, 1.54) is 21.0 Å². The number of hydrogen-bond donors (Lipinski definition) is 1. The molecular formula is C20H24N6O5S2. The number of nitrogens with one attached hydrogen (secondary N) is 1. The Morgan fingerprint density at radius 3 is 2.27 bits per heavy atom. The maximum absolute atomic E-state index is 13.2. The van der Waals surface area contributed by atoms with Crippen LogP contribution in [0.5, 0.6) is 0 Å². The van der Waals surface area contributed by atoms with Crippen LogP contribution in [0.4, 0.5) is 5.82 Å². The number of fused-ring (bicyclic) bond motifs is 1. The Hall–Kier alpha value is -2.58. The molecule has 0 bridgehead atoms. The molecule has 0 spiro atoms. The third kappa shape index (κ3) is 4.10. The summed E-state index contributed by atoms with van der Waals surface area (Å²) in [6, 6.07) is 6.66. The number of morpholine rings is 1. The van der Waals surface area contributed by atoms with Crippen molar-refractivity contribution in [1.29, 1.82) is 0 Å². The number of aromatic nitrogens is 3. The van der Waals surface area contributed by atoms with Gasteiger partial charge in [0.05, 0.1) is 13.2 Å². The Balaban J connectivity index is 1.27. The number of rotatable bonds is 5. The predicted molar refractivity (Wildman–Crippen MR) is 121 cm³/mol. The summed E-state index contributed by atoms with van der Waals surface area (Å²) >= 11 is 0. The molecule has 0 amide bonds. The highest BCUT2D eigenvalue weighted by molar-refractivity contribution is 7.89. The van der Waals surface area contributed by atoms with E-state index in [1.807, 2.05) is 4.90 Å². The third-order valence-electron chi connectivity index (χ3n) is 5.92. The topological polar surface area (TPSA) is 129 Å². The zero-order valence-electron chi connectivity index (χ0n) is 17.8. The molecule has 13 heteroatoms. The van der Waals surface area contributed by atoms with Gasteiger partial charge in [0.1, 0.15) is 21.3 Å². The number of H-pyrrole nitrogens is 1. The summed E-state index contributed by atoms with van der Waals surface area (Å²) in [4.78, 5) is 13.7. The lowest BCUT2D eigenvalue weighted by atomic mass is 10.3. The molecule has 0 saturated carbocycles. The lowest BCUT2D eigenvalue weighted by Crippen LogP contribution is -2.48. The Morgan fingerprint density at radius 1 is 0.848 bits per heavy atom. The second-order valence-electron chi connectivity index (χ2n) is 7.81. The SMILES string of the molecule is O=S(=O)(c1ccc(N2CCN(S(=O)(=O)c3c[nH]c4ncccc34)CC2)nc1)N1CCOCC1. The molecule has 0 atom stereocenters. The van der Waals surface area contributed by atoms with E-state index in [1.54, 1.807) is 30.5 Å². The minimum Gasteiger partial charge on any atom is -0.379 e. The molecule has 5 heterocycles. The van der Waals surface area contributed by atoms with Crippen LogP contribution < -0.4 is 4.90 Å². The summed E-state index contributed by atoms with van der Waals surface area (Å²) in [5.74, 6) is 0.615. The van der Waals surface area contributed by atoms with E-state index >= 15 is 0 Å². The van der Waals surface area contributed by atoms with Gasteiger partial charge in [0.2, 0.25) is 20.0 Å². The molecule has 1 N–H and O–H groups in total. The lowest BCUT2D eigenvalue weighted by molar-refractivity contribution is 0.0730. The van der Waals surface area contributed by atoms with Crippen LogP contribution in [-0.2, 0) is 24.8 Å². The lowest BCUT2D eigenvalue weighted by Gasteiger charge is -2.34. The van der Waals surface area contributed by atoms with Crippen molar-refractivity contribution in [3.63, 3.8) is 0 Å². The molecule has 3 aromatic rings. The zero-order chi connectivity index (χ0) is 23.1. The van der Waals surface area contributed by atoms with Crippen molar-refractivity contribution in [2.24, 2.45) is 0 Å². The zero-order valence-corrected chi connectivity index (χ0v) is 19.4. The molecule has 11 nitrogen and oxygen atoms in total. The highest BCUT2D eigenvalue weighted by atomic mass is 32.2. The highest BCUT2D eigenvalue weighted by Gasteiger charge is 2.31. The largest absolute Gasteiger partial charge is 0.379 e. The fourth-order valence-electron chi connectivity index (χ4n) is 4.09. The van der Waals surface area contributed by atoms with Crippen LogP contribution in [-0.4, -0.2) is 92.9 Å². The standard InChI is InChI=1S/C20H24N6O5S2/c27-32(28,26-10-12-31-13-11-26)16-3-4-19(22-14-16)24-6-8-25(9-7-24)33(29,30)18-15-23-20-17(18)2-1-5-21-20/h1-5,14-15H,6-13H2,(H,21,23). The molecule has 0 aromatic carbocycles. The summed E-state index contributed by atoms with van der Waals surface area (Å²) < 4.78 is 60.0. The molecular weight excluding hydrogens is 468 g/mol. The Bertz CT molecular complexity index is 1340. The van der Waals surface area contributed by atoms with E-state index in [9.17, 15) is 16.8 Å². The molecule has 2 aliphatic heterocycles. The Morgan fingerprint density at radius 2 is 1.58 bits per heavy atom. The molecule has 2 saturated heterocycles. The van der Waals surface area contributed by atoms with Gasteiger partial charge in [-0.1, -0.05) is 0 Å². The van der Waals surface area contributed by atoms with Gasteiger partial charge in [-0.3, -0.25) is 0 Å². The van der Waals surface area contributed by atoms with Crippen LogP contribution in [0.15, 0.2) is 52.6 Å². The van der Waals surface area contributed by atoms with Crippen molar-refractivity contribution in [3.8, 4) is 0 Å².